The quantitative estimate of drug-likeness (QED) is 0.326. The van der Waals surface area contributed by atoms with Crippen molar-refractivity contribution in [2.75, 3.05) is 13.2 Å². The minimum Gasteiger partial charge on any atom is -0.465 e. The van der Waals surface area contributed by atoms with Gasteiger partial charge in [0.15, 0.2) is 5.41 Å². The Morgan fingerprint density at radius 2 is 2.10 bits per heavy atom. The highest BCUT2D eigenvalue weighted by atomic mass is 16.6. The lowest BCUT2D eigenvalue weighted by Crippen LogP contribution is -2.42. The summed E-state index contributed by atoms with van der Waals surface area (Å²) in [5.41, 5.74) is -0.439. The first-order valence-corrected chi connectivity index (χ1v) is 7.97. The van der Waals surface area contributed by atoms with Crippen LogP contribution in [-0.2, 0) is 19.1 Å². The van der Waals surface area contributed by atoms with Gasteiger partial charge in [-0.3, -0.25) is 9.59 Å². The highest BCUT2D eigenvalue weighted by Gasteiger charge is 2.78. The summed E-state index contributed by atoms with van der Waals surface area (Å²) in [6, 6.07) is 0. The number of carbonyl (C=O) groups is 2. The SMILES string of the molecule is CCCCC/C=C1\[C@@H]2C(C)(C)COC(=O)[C@]12C(=O)OCC. The van der Waals surface area contributed by atoms with E-state index in [1.165, 1.54) is 0 Å². The van der Waals surface area contributed by atoms with Crippen molar-refractivity contribution in [2.24, 2.45) is 16.7 Å². The van der Waals surface area contributed by atoms with Gasteiger partial charge in [0.1, 0.15) is 0 Å². The fourth-order valence-corrected chi connectivity index (χ4v) is 3.54. The van der Waals surface area contributed by atoms with Crippen LogP contribution in [0.25, 0.3) is 0 Å². The number of allylic oxidation sites excluding steroid dienone is 1. The normalized spacial score (nSPS) is 31.5. The second kappa shape index (κ2) is 5.82. The molecular weight excluding hydrogens is 268 g/mol. The first kappa shape index (κ1) is 16.1. The van der Waals surface area contributed by atoms with Crippen LogP contribution in [0.4, 0.5) is 0 Å². The van der Waals surface area contributed by atoms with E-state index >= 15 is 0 Å². The van der Waals surface area contributed by atoms with Gasteiger partial charge >= 0.3 is 11.9 Å². The number of cyclic esters (lactones) is 1. The number of esters is 2. The van der Waals surface area contributed by atoms with Gasteiger partial charge in [0.2, 0.25) is 0 Å². The molecule has 0 unspecified atom stereocenters. The summed E-state index contributed by atoms with van der Waals surface area (Å²) >= 11 is 0. The van der Waals surface area contributed by atoms with Crippen LogP contribution in [-0.4, -0.2) is 25.2 Å². The molecule has 21 heavy (non-hydrogen) atoms. The van der Waals surface area contributed by atoms with Crippen LogP contribution in [0, 0.1) is 16.7 Å². The van der Waals surface area contributed by atoms with E-state index in [9.17, 15) is 9.59 Å². The van der Waals surface area contributed by atoms with Crippen LogP contribution in [0.1, 0.15) is 53.4 Å². The van der Waals surface area contributed by atoms with E-state index in [2.05, 4.69) is 13.0 Å². The lowest BCUT2D eigenvalue weighted by molar-refractivity contribution is -0.173. The molecule has 1 saturated carbocycles. The zero-order chi connectivity index (χ0) is 15.7. The molecule has 118 valence electrons. The number of hydrogen-bond donors (Lipinski definition) is 0. The molecule has 0 N–H and O–H groups in total. The molecule has 4 nitrogen and oxygen atoms in total. The van der Waals surface area contributed by atoms with E-state index in [0.717, 1.165) is 31.3 Å². The monoisotopic (exact) mass is 294 g/mol. The minimum absolute atomic E-state index is 0.0630. The number of carbonyl (C=O) groups excluding carboxylic acids is 2. The molecule has 2 atom stereocenters. The van der Waals surface area contributed by atoms with Gasteiger partial charge in [0, 0.05) is 11.3 Å². The largest absolute Gasteiger partial charge is 0.465 e. The topological polar surface area (TPSA) is 52.6 Å². The van der Waals surface area contributed by atoms with Crippen LogP contribution < -0.4 is 0 Å². The van der Waals surface area contributed by atoms with Crippen LogP contribution in [0.2, 0.25) is 0 Å². The summed E-state index contributed by atoms with van der Waals surface area (Å²) in [5.74, 6) is -0.923. The maximum absolute atomic E-state index is 12.4. The lowest BCUT2D eigenvalue weighted by atomic mass is 9.81. The molecule has 1 aliphatic carbocycles. The van der Waals surface area contributed by atoms with Gasteiger partial charge in [-0.05, 0) is 25.3 Å². The second-order valence-electron chi connectivity index (χ2n) is 6.68. The highest BCUT2D eigenvalue weighted by molar-refractivity contribution is 6.10. The summed E-state index contributed by atoms with van der Waals surface area (Å²) in [7, 11) is 0. The molecule has 0 bridgehead atoms. The van der Waals surface area contributed by atoms with Gasteiger partial charge in [-0.2, -0.15) is 0 Å². The average molecular weight is 294 g/mol. The van der Waals surface area contributed by atoms with Crippen molar-refractivity contribution in [2.45, 2.75) is 53.4 Å². The summed E-state index contributed by atoms with van der Waals surface area (Å²) in [6.45, 7) is 8.66. The smallest absolute Gasteiger partial charge is 0.328 e. The molecular formula is C17H26O4. The van der Waals surface area contributed by atoms with E-state index in [-0.39, 0.29) is 17.9 Å². The van der Waals surface area contributed by atoms with Gasteiger partial charge in [0.05, 0.1) is 13.2 Å². The minimum atomic E-state index is -1.15. The molecule has 2 rings (SSSR count). The van der Waals surface area contributed by atoms with Gasteiger partial charge in [0.25, 0.3) is 0 Å². The molecule has 2 fully saturated rings. The van der Waals surface area contributed by atoms with Crippen molar-refractivity contribution in [1.82, 2.24) is 0 Å². The Kier molecular flexibility index (Phi) is 4.45. The molecule has 0 radical (unpaired) electrons. The van der Waals surface area contributed by atoms with Crippen LogP contribution in [0.5, 0.6) is 0 Å². The molecule has 1 aliphatic heterocycles. The second-order valence-corrected chi connectivity index (χ2v) is 6.68. The van der Waals surface area contributed by atoms with Gasteiger partial charge in [-0.1, -0.05) is 39.7 Å². The molecule has 1 saturated heterocycles. The van der Waals surface area contributed by atoms with Gasteiger partial charge in [-0.15, -0.1) is 0 Å². The maximum Gasteiger partial charge on any atom is 0.328 e. The fraction of sp³-hybridized carbons (Fsp3) is 0.765. The summed E-state index contributed by atoms with van der Waals surface area (Å²) < 4.78 is 10.5. The molecule has 0 aromatic heterocycles. The Morgan fingerprint density at radius 1 is 1.38 bits per heavy atom. The predicted molar refractivity (Wildman–Crippen MR) is 79.5 cm³/mol. The predicted octanol–water partition coefficient (Wildman–Crippen LogP) is 3.26. The van der Waals surface area contributed by atoms with E-state index in [1.807, 2.05) is 13.8 Å². The molecule has 2 aliphatic rings. The Hall–Kier alpha value is -1.32. The van der Waals surface area contributed by atoms with E-state index in [0.29, 0.717) is 6.61 Å². The van der Waals surface area contributed by atoms with Crippen molar-refractivity contribution in [3.8, 4) is 0 Å². The highest BCUT2D eigenvalue weighted by Crippen LogP contribution is 2.69. The number of hydrogen-bond acceptors (Lipinski definition) is 4. The molecule has 1 heterocycles. The standard InChI is InChI=1S/C17H26O4/c1-5-7-8-9-10-12-13-16(3,4)11-21-15(19)17(12,13)14(18)20-6-2/h10,13H,5-9,11H2,1-4H3/b12-10+/t13-,17-/m1/s1. The Bertz CT molecular complexity index is 463. The number of fused-ring (bicyclic) bond motifs is 1. The van der Waals surface area contributed by atoms with E-state index in [4.69, 9.17) is 9.47 Å². The van der Waals surface area contributed by atoms with E-state index < -0.39 is 17.4 Å². The zero-order valence-corrected chi connectivity index (χ0v) is 13.5. The van der Waals surface area contributed by atoms with Crippen molar-refractivity contribution < 1.29 is 19.1 Å². The third-order valence-corrected chi connectivity index (χ3v) is 4.56. The van der Waals surface area contributed by atoms with Crippen LogP contribution in [0.3, 0.4) is 0 Å². The van der Waals surface area contributed by atoms with E-state index in [1.54, 1.807) is 6.92 Å². The third-order valence-electron chi connectivity index (χ3n) is 4.56. The first-order chi connectivity index (χ1) is 9.92. The van der Waals surface area contributed by atoms with Crippen molar-refractivity contribution in [3.63, 3.8) is 0 Å². The lowest BCUT2D eigenvalue weighted by Gasteiger charge is -2.31. The Balaban J connectivity index is 2.27. The zero-order valence-electron chi connectivity index (χ0n) is 13.5. The number of rotatable bonds is 6. The summed E-state index contributed by atoms with van der Waals surface area (Å²) in [4.78, 5) is 24.7. The average Bonchev–Trinajstić information content (AvgIpc) is 3.12. The van der Waals surface area contributed by atoms with Crippen LogP contribution >= 0.6 is 0 Å². The molecule has 0 aromatic rings. The maximum atomic E-state index is 12.4. The number of unbranched alkanes of at least 4 members (excludes halogenated alkanes) is 3. The van der Waals surface area contributed by atoms with Crippen molar-refractivity contribution >= 4 is 11.9 Å². The Labute approximate surface area is 126 Å². The molecule has 0 spiro atoms. The van der Waals surface area contributed by atoms with Crippen molar-refractivity contribution in [1.29, 1.82) is 0 Å². The molecule has 0 amide bonds. The molecule has 0 aromatic carbocycles. The van der Waals surface area contributed by atoms with Gasteiger partial charge in [-0.25, -0.2) is 0 Å². The summed E-state index contributed by atoms with van der Waals surface area (Å²) in [5, 5.41) is 0. The van der Waals surface area contributed by atoms with Gasteiger partial charge < -0.3 is 9.47 Å². The van der Waals surface area contributed by atoms with Crippen LogP contribution in [0.15, 0.2) is 11.6 Å². The Morgan fingerprint density at radius 3 is 2.71 bits per heavy atom. The third kappa shape index (κ3) is 2.49. The first-order valence-electron chi connectivity index (χ1n) is 7.97. The fourth-order valence-electron chi connectivity index (χ4n) is 3.54. The summed E-state index contributed by atoms with van der Waals surface area (Å²) in [6.07, 6.45) is 6.38. The molecule has 4 heteroatoms. The van der Waals surface area contributed by atoms with Crippen molar-refractivity contribution in [3.05, 3.63) is 11.6 Å². The number of ether oxygens (including phenoxy) is 2.